The molecule has 0 bridgehead atoms. The van der Waals surface area contributed by atoms with Crippen LogP contribution in [0.3, 0.4) is 0 Å². The van der Waals surface area contributed by atoms with E-state index in [0.29, 0.717) is 21.5 Å². The van der Waals surface area contributed by atoms with Crippen LogP contribution in [0.1, 0.15) is 63.5 Å². The standard InChI is InChI=1S/C24H28BN3O5S/c1-14(29)31-13-17-18(25-32-23(2,3)24(4,5)33-25)10-11-26-21(17)28-22(30)20-16(12-27-28)15-8-6-7-9-19(15)34-20/h10-12H,6-9,13H2,1-5H3. The van der Waals surface area contributed by atoms with Gasteiger partial charge in [0.05, 0.1) is 17.4 Å². The molecule has 0 amide bonds. The summed E-state index contributed by atoms with van der Waals surface area (Å²) in [5.74, 6) is -0.122. The lowest BCUT2D eigenvalue weighted by Crippen LogP contribution is -2.41. The van der Waals surface area contributed by atoms with Gasteiger partial charge in [0.25, 0.3) is 5.56 Å². The van der Waals surface area contributed by atoms with Gasteiger partial charge in [-0.2, -0.15) is 9.78 Å². The van der Waals surface area contributed by atoms with Crippen LogP contribution in [-0.4, -0.2) is 39.1 Å². The number of nitrogens with zero attached hydrogens (tertiary/aromatic N) is 3. The van der Waals surface area contributed by atoms with Crippen LogP contribution >= 0.6 is 11.3 Å². The van der Waals surface area contributed by atoms with Gasteiger partial charge in [-0.25, -0.2) is 4.98 Å². The van der Waals surface area contributed by atoms with Crippen LogP contribution in [-0.2, 0) is 38.3 Å². The summed E-state index contributed by atoms with van der Waals surface area (Å²) in [5.41, 5.74) is 1.12. The molecule has 0 spiro atoms. The van der Waals surface area contributed by atoms with Gasteiger partial charge in [-0.05, 0) is 70.5 Å². The SMILES string of the molecule is CC(=O)OCc1c(B2OC(C)(C)C(C)(C)O2)ccnc1-n1ncc2c3c(sc2c1=O)CCCC3. The van der Waals surface area contributed by atoms with E-state index in [1.54, 1.807) is 29.8 Å². The predicted molar refractivity (Wildman–Crippen MR) is 131 cm³/mol. The molecule has 34 heavy (non-hydrogen) atoms. The Kier molecular flexibility index (Phi) is 5.65. The van der Waals surface area contributed by atoms with E-state index in [2.05, 4.69) is 10.1 Å². The predicted octanol–water partition coefficient (Wildman–Crippen LogP) is 3.08. The number of hydrogen-bond donors (Lipinski definition) is 0. The first-order valence-electron chi connectivity index (χ1n) is 11.6. The summed E-state index contributed by atoms with van der Waals surface area (Å²) >= 11 is 1.55. The molecule has 0 N–H and O–H groups in total. The molecule has 0 radical (unpaired) electrons. The fourth-order valence-corrected chi connectivity index (χ4v) is 5.78. The molecule has 10 heteroatoms. The third-order valence-corrected chi connectivity index (χ3v) is 8.39. The van der Waals surface area contributed by atoms with Crippen LogP contribution in [0.5, 0.6) is 0 Å². The molecule has 0 atom stereocenters. The molecule has 4 heterocycles. The number of aryl methyl sites for hydroxylation is 2. The van der Waals surface area contributed by atoms with Crippen LogP contribution in [0.15, 0.2) is 23.3 Å². The van der Waals surface area contributed by atoms with E-state index in [1.807, 2.05) is 27.7 Å². The first kappa shape index (κ1) is 23.2. The second-order valence-corrected chi connectivity index (χ2v) is 11.0. The Morgan fingerprint density at radius 1 is 1.21 bits per heavy atom. The van der Waals surface area contributed by atoms with Gasteiger partial charge in [0, 0.05) is 28.9 Å². The van der Waals surface area contributed by atoms with Gasteiger partial charge < -0.3 is 14.0 Å². The summed E-state index contributed by atoms with van der Waals surface area (Å²) in [6.07, 6.45) is 7.62. The van der Waals surface area contributed by atoms with Crippen molar-refractivity contribution in [1.82, 2.24) is 14.8 Å². The molecule has 178 valence electrons. The Balaban J connectivity index is 1.65. The summed E-state index contributed by atoms with van der Waals surface area (Å²) in [7, 11) is -0.703. The molecule has 0 unspecified atom stereocenters. The van der Waals surface area contributed by atoms with E-state index < -0.39 is 24.3 Å². The Labute approximate surface area is 202 Å². The first-order valence-corrected chi connectivity index (χ1v) is 12.4. The zero-order valence-electron chi connectivity index (χ0n) is 20.1. The average Bonchev–Trinajstić information content (AvgIpc) is 3.26. The molecule has 0 saturated carbocycles. The lowest BCUT2D eigenvalue weighted by molar-refractivity contribution is -0.142. The number of carbonyl (C=O) groups excluding carboxylic acids is 1. The topological polar surface area (TPSA) is 92.5 Å². The van der Waals surface area contributed by atoms with Gasteiger partial charge in [-0.1, -0.05) is 0 Å². The van der Waals surface area contributed by atoms with Gasteiger partial charge in [0.15, 0.2) is 5.82 Å². The van der Waals surface area contributed by atoms with Crippen molar-refractivity contribution in [3.05, 3.63) is 44.8 Å². The lowest BCUT2D eigenvalue weighted by atomic mass is 9.76. The highest BCUT2D eigenvalue weighted by Gasteiger charge is 2.52. The number of ether oxygens (including phenoxy) is 1. The van der Waals surface area contributed by atoms with Gasteiger partial charge in [0.1, 0.15) is 11.3 Å². The highest BCUT2D eigenvalue weighted by molar-refractivity contribution is 7.19. The monoisotopic (exact) mass is 481 g/mol. The molecule has 3 aromatic heterocycles. The van der Waals surface area contributed by atoms with Crippen molar-refractivity contribution >= 4 is 40.0 Å². The summed E-state index contributed by atoms with van der Waals surface area (Å²) < 4.78 is 19.8. The molecule has 1 aliphatic carbocycles. The Morgan fingerprint density at radius 3 is 2.62 bits per heavy atom. The van der Waals surface area contributed by atoms with Crippen molar-refractivity contribution in [1.29, 1.82) is 0 Å². The molecule has 1 saturated heterocycles. The van der Waals surface area contributed by atoms with E-state index in [4.69, 9.17) is 14.0 Å². The third kappa shape index (κ3) is 3.77. The van der Waals surface area contributed by atoms with Crippen LogP contribution < -0.4 is 11.0 Å². The fraction of sp³-hybridized carbons (Fsp3) is 0.500. The lowest BCUT2D eigenvalue weighted by Gasteiger charge is -2.32. The van der Waals surface area contributed by atoms with Crippen molar-refractivity contribution in [2.45, 2.75) is 78.1 Å². The quantitative estimate of drug-likeness (QED) is 0.418. The zero-order chi connectivity index (χ0) is 24.3. The maximum atomic E-state index is 13.6. The van der Waals surface area contributed by atoms with Gasteiger partial charge in [-0.15, -0.1) is 11.3 Å². The number of aromatic nitrogens is 3. The fourth-order valence-electron chi connectivity index (χ4n) is 4.49. The number of hydrogen-bond acceptors (Lipinski definition) is 8. The number of fused-ring (bicyclic) bond motifs is 3. The maximum absolute atomic E-state index is 13.6. The highest BCUT2D eigenvalue weighted by atomic mass is 32.1. The van der Waals surface area contributed by atoms with Crippen LogP contribution in [0, 0.1) is 0 Å². The van der Waals surface area contributed by atoms with E-state index in [0.717, 1.165) is 31.1 Å². The van der Waals surface area contributed by atoms with E-state index in [9.17, 15) is 9.59 Å². The largest absolute Gasteiger partial charge is 0.495 e. The number of carbonyl (C=O) groups is 1. The van der Waals surface area contributed by atoms with Crippen LogP contribution in [0.4, 0.5) is 0 Å². The molecule has 5 rings (SSSR count). The summed E-state index contributed by atoms with van der Waals surface area (Å²) in [6, 6.07) is 1.78. The minimum atomic E-state index is -0.703. The van der Waals surface area contributed by atoms with Crippen molar-refractivity contribution < 1.29 is 18.8 Å². The highest BCUT2D eigenvalue weighted by Crippen LogP contribution is 2.37. The molecule has 1 aliphatic heterocycles. The van der Waals surface area contributed by atoms with E-state index in [-0.39, 0.29) is 12.2 Å². The Hall–Kier alpha value is -2.56. The van der Waals surface area contributed by atoms with E-state index in [1.165, 1.54) is 22.0 Å². The smallest absolute Gasteiger partial charge is 0.461 e. The second kappa shape index (κ2) is 8.28. The Bertz CT molecular complexity index is 1330. The average molecular weight is 481 g/mol. The van der Waals surface area contributed by atoms with Crippen molar-refractivity contribution in [2.75, 3.05) is 0 Å². The maximum Gasteiger partial charge on any atom is 0.495 e. The molecule has 0 aromatic carbocycles. The van der Waals surface area contributed by atoms with Gasteiger partial charge in [0.2, 0.25) is 0 Å². The molecule has 3 aromatic rings. The molecule has 2 aliphatic rings. The first-order chi connectivity index (χ1) is 16.1. The second-order valence-electron chi connectivity index (χ2n) is 9.89. The normalized spacial score (nSPS) is 18.8. The van der Waals surface area contributed by atoms with Crippen molar-refractivity contribution in [3.63, 3.8) is 0 Å². The van der Waals surface area contributed by atoms with Crippen LogP contribution in [0.25, 0.3) is 15.9 Å². The summed E-state index contributed by atoms with van der Waals surface area (Å²) in [6.45, 7) is 9.15. The van der Waals surface area contributed by atoms with Gasteiger partial charge >= 0.3 is 13.1 Å². The summed E-state index contributed by atoms with van der Waals surface area (Å²) in [5, 5.41) is 5.43. The minimum absolute atomic E-state index is 0.0784. The van der Waals surface area contributed by atoms with E-state index >= 15 is 0 Å². The minimum Gasteiger partial charge on any atom is -0.461 e. The third-order valence-electron chi connectivity index (χ3n) is 7.10. The molecule has 8 nitrogen and oxygen atoms in total. The van der Waals surface area contributed by atoms with Crippen molar-refractivity contribution in [2.24, 2.45) is 0 Å². The number of rotatable bonds is 4. The molecular weight excluding hydrogens is 453 g/mol. The summed E-state index contributed by atoms with van der Waals surface area (Å²) in [4.78, 5) is 31.0. The number of esters is 1. The van der Waals surface area contributed by atoms with Crippen LogP contribution in [0.2, 0.25) is 0 Å². The number of pyridine rings is 1. The number of thiophene rings is 1. The van der Waals surface area contributed by atoms with Crippen molar-refractivity contribution in [3.8, 4) is 5.82 Å². The molecule has 1 fully saturated rings. The van der Waals surface area contributed by atoms with Gasteiger partial charge in [-0.3, -0.25) is 9.59 Å². The molecular formula is C24H28BN3O5S. The zero-order valence-corrected chi connectivity index (χ0v) is 21.0. The Morgan fingerprint density at radius 2 is 1.91 bits per heavy atom.